The van der Waals surface area contributed by atoms with Crippen LogP contribution in [0.5, 0.6) is 0 Å². The van der Waals surface area contributed by atoms with Crippen LogP contribution in [-0.4, -0.2) is 41.8 Å². The molecule has 2 aromatic carbocycles. The second-order valence-electron chi connectivity index (χ2n) is 17.4. The number of H-pyrrole nitrogens is 1. The monoisotopic (exact) mass is 709 g/mol. The fourth-order valence-corrected chi connectivity index (χ4v) is 11.8. The van der Waals surface area contributed by atoms with Crippen LogP contribution in [0.15, 0.2) is 36.4 Å². The highest BCUT2D eigenvalue weighted by Gasteiger charge is 2.60. The highest BCUT2D eigenvalue weighted by atomic mass is 19.1. The molecule has 2 amide bonds. The first kappa shape index (κ1) is 35.5. The topological polar surface area (TPSA) is 100 Å². The van der Waals surface area contributed by atoms with Crippen molar-refractivity contribution in [1.29, 1.82) is 0 Å². The maximum absolute atomic E-state index is 14.3. The van der Waals surface area contributed by atoms with Crippen LogP contribution in [0, 0.1) is 40.3 Å². The van der Waals surface area contributed by atoms with Gasteiger partial charge < -0.3 is 20.4 Å². The summed E-state index contributed by atoms with van der Waals surface area (Å²) in [6, 6.07) is 10.8. The maximum Gasteiger partial charge on any atom is 0.252 e. The van der Waals surface area contributed by atoms with Gasteiger partial charge in [0.2, 0.25) is 5.91 Å². The quantitative estimate of drug-likeness (QED) is 0.173. The van der Waals surface area contributed by atoms with Crippen LogP contribution in [0.1, 0.15) is 125 Å². The number of unbranched alkanes of at least 4 members (excludes halogenated alkanes) is 3. The van der Waals surface area contributed by atoms with E-state index in [0.29, 0.717) is 65.6 Å². The number of carbonyl (C=O) groups is 3. The van der Waals surface area contributed by atoms with E-state index in [0.717, 1.165) is 97.1 Å². The van der Waals surface area contributed by atoms with Gasteiger partial charge in [0.1, 0.15) is 11.6 Å². The van der Waals surface area contributed by atoms with Gasteiger partial charge in [-0.05, 0) is 128 Å². The third-order valence-corrected chi connectivity index (χ3v) is 14.6. The summed E-state index contributed by atoms with van der Waals surface area (Å²) in [6.07, 6.45) is 16.0. The number of aromatic nitrogens is 1. The molecule has 2 heterocycles. The summed E-state index contributed by atoms with van der Waals surface area (Å²) in [5.41, 5.74) is 5.58. The van der Waals surface area contributed by atoms with Crippen molar-refractivity contribution in [2.45, 2.75) is 123 Å². The van der Waals surface area contributed by atoms with Crippen molar-refractivity contribution in [1.82, 2.24) is 15.6 Å². The number of ether oxygens (including phenoxy) is 1. The number of halogens is 1. The summed E-state index contributed by atoms with van der Waals surface area (Å²) in [5.74, 6) is 2.88. The number of hydrogen-bond donors (Lipinski definition) is 3. The van der Waals surface area contributed by atoms with E-state index in [1.165, 1.54) is 50.7 Å². The van der Waals surface area contributed by atoms with Crippen molar-refractivity contribution in [3.63, 3.8) is 0 Å². The van der Waals surface area contributed by atoms with Gasteiger partial charge in [-0.2, -0.15) is 0 Å². The Morgan fingerprint density at radius 1 is 0.923 bits per heavy atom. The van der Waals surface area contributed by atoms with E-state index in [-0.39, 0.29) is 11.8 Å². The van der Waals surface area contributed by atoms with Gasteiger partial charge in [0, 0.05) is 55.6 Å². The molecule has 4 saturated carbocycles. The fourth-order valence-electron chi connectivity index (χ4n) is 11.8. The molecule has 3 aromatic rings. The molecule has 3 N–H and O–H groups in total. The summed E-state index contributed by atoms with van der Waals surface area (Å²) in [5, 5.41) is 6.74. The predicted octanol–water partition coefficient (Wildman–Crippen LogP) is 8.82. The lowest BCUT2D eigenvalue weighted by molar-refractivity contribution is -0.145. The van der Waals surface area contributed by atoms with Gasteiger partial charge in [-0.3, -0.25) is 14.4 Å². The number of ketones is 1. The van der Waals surface area contributed by atoms with Crippen LogP contribution in [0.3, 0.4) is 0 Å². The highest BCUT2D eigenvalue weighted by Crippen LogP contribution is 2.66. The number of nitrogens with one attached hydrogen (secondary N) is 3. The molecule has 1 aromatic heterocycles. The number of amides is 2. The lowest BCUT2D eigenvalue weighted by atomic mass is 9.45. The van der Waals surface area contributed by atoms with Crippen molar-refractivity contribution in [3.05, 3.63) is 58.9 Å². The largest absolute Gasteiger partial charge is 0.378 e. The van der Waals surface area contributed by atoms with E-state index >= 15 is 0 Å². The van der Waals surface area contributed by atoms with Crippen molar-refractivity contribution < 1.29 is 23.5 Å². The molecule has 0 bridgehead atoms. The van der Waals surface area contributed by atoms with E-state index in [2.05, 4.69) is 29.5 Å². The number of Topliss-reactive ketones (excluding diaryl/α,β-unsaturated/α-hetero) is 1. The molecule has 0 unspecified atom stereocenters. The molecule has 0 spiro atoms. The average molecular weight is 710 g/mol. The molecule has 7 atom stereocenters. The molecular formula is C44H56FN3O4. The van der Waals surface area contributed by atoms with E-state index in [9.17, 15) is 18.8 Å². The van der Waals surface area contributed by atoms with E-state index in [1.54, 1.807) is 0 Å². The Hall–Kier alpha value is -3.52. The third kappa shape index (κ3) is 6.51. The Labute approximate surface area is 307 Å². The van der Waals surface area contributed by atoms with Crippen molar-refractivity contribution in [3.8, 4) is 11.3 Å². The summed E-state index contributed by atoms with van der Waals surface area (Å²) < 4.78 is 20.9. The zero-order chi connectivity index (χ0) is 36.0. The minimum absolute atomic E-state index is 0.0755. The van der Waals surface area contributed by atoms with Crippen LogP contribution in [0.25, 0.3) is 22.2 Å². The average Bonchev–Trinajstić information content (AvgIpc) is 3.61. The van der Waals surface area contributed by atoms with Gasteiger partial charge in [0.15, 0.2) is 0 Å². The Balaban J connectivity index is 0.748. The molecule has 52 heavy (non-hydrogen) atoms. The summed E-state index contributed by atoms with van der Waals surface area (Å²) in [6.45, 7) is 6.85. The molecule has 4 fully saturated rings. The third-order valence-electron chi connectivity index (χ3n) is 14.6. The van der Waals surface area contributed by atoms with Crippen LogP contribution >= 0.6 is 0 Å². The SMILES string of the molecule is C[C@]12CCC(=O)C[C@@H]1CC[C@@H]1[C@@H]2CC[C@]2(C)[C@@H](OCCCCCCC(=O)NCc3ccc(-c4[nH]c5cc(F)cc6c5c4CCNC6=O)cc3)CC[C@@H]12. The molecule has 7 nitrogen and oxygen atoms in total. The highest BCUT2D eigenvalue weighted by molar-refractivity contribution is 6.10. The van der Waals surface area contributed by atoms with Crippen molar-refractivity contribution in [2.75, 3.05) is 13.2 Å². The molecule has 8 heteroatoms. The molecular weight excluding hydrogens is 653 g/mol. The summed E-state index contributed by atoms with van der Waals surface area (Å²) in [7, 11) is 0. The number of carbonyl (C=O) groups excluding carboxylic acids is 3. The predicted molar refractivity (Wildman–Crippen MR) is 201 cm³/mol. The minimum atomic E-state index is -0.434. The van der Waals surface area contributed by atoms with Crippen LogP contribution < -0.4 is 10.6 Å². The van der Waals surface area contributed by atoms with Gasteiger partial charge in [0.05, 0.1) is 11.7 Å². The molecule has 0 radical (unpaired) electrons. The molecule has 278 valence electrons. The second kappa shape index (κ2) is 14.4. The first-order chi connectivity index (χ1) is 25.1. The number of fused-ring (bicyclic) bond motifs is 5. The van der Waals surface area contributed by atoms with Gasteiger partial charge in [-0.1, -0.05) is 51.0 Å². The molecule has 4 aliphatic carbocycles. The minimum Gasteiger partial charge on any atom is -0.378 e. The van der Waals surface area contributed by atoms with Gasteiger partial charge >= 0.3 is 0 Å². The Morgan fingerprint density at radius 3 is 2.58 bits per heavy atom. The number of hydrogen-bond acceptors (Lipinski definition) is 4. The fraction of sp³-hybridized carbons (Fsp3) is 0.614. The Kier molecular flexibility index (Phi) is 9.81. The van der Waals surface area contributed by atoms with Crippen molar-refractivity contribution in [2.24, 2.45) is 34.5 Å². The zero-order valence-electron chi connectivity index (χ0n) is 31.1. The van der Waals surface area contributed by atoms with E-state index in [1.807, 2.05) is 24.3 Å². The molecule has 8 rings (SSSR count). The second-order valence-corrected chi connectivity index (χ2v) is 17.4. The standard InChI is InChI=1S/C44H56FN3O4/c1-43-19-16-31(49)23-29(43)12-13-32-35-14-15-38(44(35,2)20-17-36(32)43)52-22-6-4-3-5-7-39(50)47-26-27-8-10-28(11-9-27)41-33-18-21-46-42(51)34-24-30(45)25-37(48-41)40(33)34/h8-11,24-25,29,32,35-36,38,48H,3-7,12-23,26H2,1-2H3,(H,46,51)(H,47,50)/t29-,32-,35-,36-,38-,43-,44-/m0/s1. The lowest BCUT2D eigenvalue weighted by Gasteiger charge is -2.60. The van der Waals surface area contributed by atoms with Crippen LogP contribution in [0.2, 0.25) is 0 Å². The molecule has 5 aliphatic rings. The number of benzene rings is 2. The number of rotatable bonds is 11. The van der Waals surface area contributed by atoms with E-state index in [4.69, 9.17) is 4.74 Å². The molecule has 1 aliphatic heterocycles. The zero-order valence-corrected chi connectivity index (χ0v) is 31.1. The first-order valence-electron chi connectivity index (χ1n) is 20.3. The summed E-state index contributed by atoms with van der Waals surface area (Å²) in [4.78, 5) is 40.7. The maximum atomic E-state index is 14.3. The summed E-state index contributed by atoms with van der Waals surface area (Å²) >= 11 is 0. The Morgan fingerprint density at radius 2 is 1.73 bits per heavy atom. The lowest BCUT2D eigenvalue weighted by Crippen LogP contribution is -2.54. The van der Waals surface area contributed by atoms with E-state index < -0.39 is 5.82 Å². The number of aromatic amines is 1. The van der Waals surface area contributed by atoms with Gasteiger partial charge in [-0.25, -0.2) is 4.39 Å². The van der Waals surface area contributed by atoms with Crippen LogP contribution in [-0.2, 0) is 27.3 Å². The van der Waals surface area contributed by atoms with Crippen molar-refractivity contribution >= 4 is 28.5 Å². The Bertz CT molecular complexity index is 1830. The van der Waals surface area contributed by atoms with Crippen LogP contribution in [0.4, 0.5) is 4.39 Å². The first-order valence-corrected chi connectivity index (χ1v) is 20.3. The normalized spacial score (nSPS) is 31.0. The van der Waals surface area contributed by atoms with Gasteiger partial charge in [-0.15, -0.1) is 0 Å². The molecule has 0 saturated heterocycles. The van der Waals surface area contributed by atoms with Gasteiger partial charge in [0.25, 0.3) is 5.91 Å². The smallest absolute Gasteiger partial charge is 0.252 e.